The second-order valence-corrected chi connectivity index (χ2v) is 4.55. The molecule has 1 heterocycles. The van der Waals surface area contributed by atoms with Crippen molar-refractivity contribution in [2.75, 3.05) is 11.6 Å². The molecular formula is C10H7F3N4O2S. The molecule has 0 radical (unpaired) electrons. The summed E-state index contributed by atoms with van der Waals surface area (Å²) >= 11 is 0.785. The van der Waals surface area contributed by atoms with Crippen LogP contribution in [0.4, 0.5) is 13.2 Å². The lowest BCUT2D eigenvalue weighted by Crippen LogP contribution is -2.12. The highest BCUT2D eigenvalue weighted by Crippen LogP contribution is 2.24. The number of nitrogens with zero attached hydrogens (tertiary/aromatic N) is 3. The largest absolute Gasteiger partial charge is 0.481 e. The minimum atomic E-state index is -1.60. The van der Waals surface area contributed by atoms with Crippen molar-refractivity contribution in [3.8, 4) is 11.4 Å². The summed E-state index contributed by atoms with van der Waals surface area (Å²) in [6, 6.07) is 1.44. The molecule has 3 N–H and O–H groups in total. The van der Waals surface area contributed by atoms with Crippen LogP contribution in [0.3, 0.4) is 0 Å². The molecule has 0 atom stereocenters. The van der Waals surface area contributed by atoms with Crippen LogP contribution in [0.1, 0.15) is 0 Å². The van der Waals surface area contributed by atoms with Gasteiger partial charge in [-0.2, -0.15) is 0 Å². The Kier molecular flexibility index (Phi) is 3.84. The van der Waals surface area contributed by atoms with Crippen LogP contribution in [-0.2, 0) is 4.79 Å². The zero-order valence-electron chi connectivity index (χ0n) is 9.68. The topological polar surface area (TPSA) is 94.0 Å². The SMILES string of the molecule is Nn1c(SCC(=O)O)nnc1-c1cc(F)c(F)c(F)c1. The molecule has 1 aromatic carbocycles. The number of nitrogens with two attached hydrogens (primary N) is 1. The number of carboxylic acids is 1. The Bertz CT molecular complexity index is 654. The van der Waals surface area contributed by atoms with Gasteiger partial charge < -0.3 is 10.9 Å². The van der Waals surface area contributed by atoms with Gasteiger partial charge >= 0.3 is 5.97 Å². The summed E-state index contributed by atoms with van der Waals surface area (Å²) in [4.78, 5) is 10.4. The molecule has 0 amide bonds. The van der Waals surface area contributed by atoms with Crippen LogP contribution in [0.2, 0.25) is 0 Å². The van der Waals surface area contributed by atoms with Gasteiger partial charge in [-0.05, 0) is 12.1 Å². The van der Waals surface area contributed by atoms with Crippen molar-refractivity contribution in [2.45, 2.75) is 5.16 Å². The number of carboxylic acid groups (broad SMARTS) is 1. The minimum Gasteiger partial charge on any atom is -0.481 e. The van der Waals surface area contributed by atoms with Gasteiger partial charge in [0.2, 0.25) is 5.16 Å². The third kappa shape index (κ3) is 2.69. The summed E-state index contributed by atoms with van der Waals surface area (Å²) in [6.07, 6.45) is 0. The minimum absolute atomic E-state index is 0.0486. The lowest BCUT2D eigenvalue weighted by atomic mass is 10.2. The molecule has 0 spiro atoms. The fourth-order valence-electron chi connectivity index (χ4n) is 1.38. The third-order valence-corrected chi connectivity index (χ3v) is 3.16. The van der Waals surface area contributed by atoms with E-state index in [0.29, 0.717) is 0 Å². The Labute approximate surface area is 114 Å². The van der Waals surface area contributed by atoms with E-state index in [1.165, 1.54) is 0 Å². The van der Waals surface area contributed by atoms with E-state index in [1.54, 1.807) is 0 Å². The smallest absolute Gasteiger partial charge is 0.313 e. The highest BCUT2D eigenvalue weighted by Gasteiger charge is 2.17. The van der Waals surface area contributed by atoms with Crippen LogP contribution >= 0.6 is 11.8 Å². The molecule has 2 aromatic rings. The molecule has 0 fully saturated rings. The second kappa shape index (κ2) is 5.41. The molecule has 0 aliphatic rings. The average molecular weight is 304 g/mol. The highest BCUT2D eigenvalue weighted by molar-refractivity contribution is 7.99. The van der Waals surface area contributed by atoms with E-state index in [-0.39, 0.29) is 22.3 Å². The standard InChI is InChI=1S/C10H7F3N4O2S/c11-5-1-4(2-6(12)8(5)13)9-15-16-10(17(9)14)20-3-7(18)19/h1-2H,3,14H2,(H,18,19). The maximum Gasteiger partial charge on any atom is 0.313 e. The number of rotatable bonds is 4. The number of hydrogen-bond acceptors (Lipinski definition) is 5. The zero-order chi connectivity index (χ0) is 14.9. The number of carbonyl (C=O) groups is 1. The van der Waals surface area contributed by atoms with E-state index < -0.39 is 23.4 Å². The Morgan fingerprint density at radius 1 is 1.30 bits per heavy atom. The summed E-state index contributed by atoms with van der Waals surface area (Å²) in [6.45, 7) is 0. The van der Waals surface area contributed by atoms with Crippen molar-refractivity contribution < 1.29 is 23.1 Å². The molecule has 10 heteroatoms. The van der Waals surface area contributed by atoms with Gasteiger partial charge in [0.15, 0.2) is 23.3 Å². The van der Waals surface area contributed by atoms with Crippen molar-refractivity contribution >= 4 is 17.7 Å². The van der Waals surface area contributed by atoms with E-state index in [2.05, 4.69) is 10.2 Å². The summed E-state index contributed by atoms with van der Waals surface area (Å²) in [7, 11) is 0. The zero-order valence-corrected chi connectivity index (χ0v) is 10.5. The molecule has 1 aromatic heterocycles. The van der Waals surface area contributed by atoms with Crippen LogP contribution in [0.25, 0.3) is 11.4 Å². The van der Waals surface area contributed by atoms with Crippen molar-refractivity contribution in [1.29, 1.82) is 0 Å². The Morgan fingerprint density at radius 2 is 1.90 bits per heavy atom. The number of aromatic nitrogens is 3. The summed E-state index contributed by atoms with van der Waals surface area (Å²) in [5, 5.41) is 15.8. The van der Waals surface area contributed by atoms with Gasteiger partial charge in [0.25, 0.3) is 0 Å². The molecule has 0 unspecified atom stereocenters. The molecule has 106 valence electrons. The number of nitrogen functional groups attached to an aromatic ring is 1. The van der Waals surface area contributed by atoms with Crippen LogP contribution in [0, 0.1) is 17.5 Å². The maximum absolute atomic E-state index is 13.1. The lowest BCUT2D eigenvalue weighted by molar-refractivity contribution is -0.133. The first kappa shape index (κ1) is 14.2. The van der Waals surface area contributed by atoms with Crippen LogP contribution in [0.15, 0.2) is 17.3 Å². The normalized spacial score (nSPS) is 10.8. The molecule has 0 saturated heterocycles. The van der Waals surface area contributed by atoms with E-state index in [9.17, 15) is 18.0 Å². The maximum atomic E-state index is 13.1. The third-order valence-electron chi connectivity index (χ3n) is 2.23. The van der Waals surface area contributed by atoms with Gasteiger partial charge in [-0.1, -0.05) is 11.8 Å². The average Bonchev–Trinajstić information content (AvgIpc) is 2.74. The van der Waals surface area contributed by atoms with Gasteiger partial charge in [0.1, 0.15) is 0 Å². The van der Waals surface area contributed by atoms with E-state index in [1.807, 2.05) is 0 Å². The summed E-state index contributed by atoms with van der Waals surface area (Å²) in [5.74, 6) is -0.277. The first-order chi connectivity index (χ1) is 9.40. The van der Waals surface area contributed by atoms with E-state index in [0.717, 1.165) is 28.6 Å². The summed E-state index contributed by atoms with van der Waals surface area (Å²) < 4.78 is 40.0. The predicted octanol–water partition coefficient (Wildman–Crippen LogP) is 1.25. The van der Waals surface area contributed by atoms with Gasteiger partial charge in [-0.25, -0.2) is 17.8 Å². The van der Waals surface area contributed by atoms with Gasteiger partial charge in [0, 0.05) is 5.56 Å². The fraction of sp³-hybridized carbons (Fsp3) is 0.100. The molecule has 0 bridgehead atoms. The Balaban J connectivity index is 2.37. The summed E-state index contributed by atoms with van der Waals surface area (Å²) in [5.41, 5.74) is -0.112. The molecular weight excluding hydrogens is 297 g/mol. The Morgan fingerprint density at radius 3 is 2.45 bits per heavy atom. The van der Waals surface area contributed by atoms with Crippen molar-refractivity contribution in [3.05, 3.63) is 29.6 Å². The van der Waals surface area contributed by atoms with Crippen LogP contribution in [-0.4, -0.2) is 31.7 Å². The first-order valence-corrected chi connectivity index (χ1v) is 6.08. The molecule has 0 aliphatic carbocycles. The van der Waals surface area contributed by atoms with E-state index >= 15 is 0 Å². The molecule has 0 saturated carbocycles. The number of benzene rings is 1. The molecule has 2 rings (SSSR count). The first-order valence-electron chi connectivity index (χ1n) is 5.10. The van der Waals surface area contributed by atoms with E-state index in [4.69, 9.17) is 10.9 Å². The molecule has 20 heavy (non-hydrogen) atoms. The lowest BCUT2D eigenvalue weighted by Gasteiger charge is -2.04. The molecule has 6 nitrogen and oxygen atoms in total. The Hall–Kier alpha value is -2.23. The van der Waals surface area contributed by atoms with Gasteiger partial charge in [-0.3, -0.25) is 4.79 Å². The number of thioether (sulfide) groups is 1. The van der Waals surface area contributed by atoms with Crippen molar-refractivity contribution in [2.24, 2.45) is 0 Å². The number of aliphatic carboxylic acids is 1. The fourth-order valence-corrected chi connectivity index (χ4v) is 1.96. The van der Waals surface area contributed by atoms with Crippen LogP contribution in [0.5, 0.6) is 0 Å². The van der Waals surface area contributed by atoms with Crippen molar-refractivity contribution in [1.82, 2.24) is 14.9 Å². The van der Waals surface area contributed by atoms with Gasteiger partial charge in [0.05, 0.1) is 5.75 Å². The molecule has 0 aliphatic heterocycles. The highest BCUT2D eigenvalue weighted by atomic mass is 32.2. The predicted molar refractivity (Wildman–Crippen MR) is 63.8 cm³/mol. The second-order valence-electron chi connectivity index (χ2n) is 3.61. The quantitative estimate of drug-likeness (QED) is 0.501. The van der Waals surface area contributed by atoms with Gasteiger partial charge in [-0.15, -0.1) is 10.2 Å². The van der Waals surface area contributed by atoms with Crippen LogP contribution < -0.4 is 5.84 Å². The van der Waals surface area contributed by atoms with Crippen molar-refractivity contribution in [3.63, 3.8) is 0 Å². The monoisotopic (exact) mass is 304 g/mol. The number of halogens is 3. The number of hydrogen-bond donors (Lipinski definition) is 2.